The highest BCUT2D eigenvalue weighted by atomic mass is 32.2. The molecule has 0 bridgehead atoms. The number of amidine groups is 1. The summed E-state index contributed by atoms with van der Waals surface area (Å²) in [5, 5.41) is 9.74. The molecule has 3 aromatic rings. The molecule has 0 aromatic heterocycles. The minimum Gasteiger partial charge on any atom is -0.493 e. The third-order valence-electron chi connectivity index (χ3n) is 5.33. The van der Waals surface area contributed by atoms with Crippen molar-refractivity contribution in [1.82, 2.24) is 4.90 Å². The average Bonchev–Trinajstić information content (AvgIpc) is 3.17. The molecular weight excluding hydrogens is 483 g/mol. The van der Waals surface area contributed by atoms with E-state index in [9.17, 15) is 19.1 Å². The van der Waals surface area contributed by atoms with Gasteiger partial charge >= 0.3 is 5.97 Å². The maximum absolute atomic E-state index is 13.3. The standard InChI is InChI=1S/C27H23FN2O5S/c1-3-30-25(31)23(36-27(30)29-21-12-10-20(28)11-13-21)15-18-7-5-9-22(34-2)24(18)35-16-17-6-4-8-19(14-17)26(32)33/h4-15H,3,16H2,1-2H3,(H,32,33)/b23-15+,29-27?. The van der Waals surface area contributed by atoms with Crippen molar-refractivity contribution in [3.05, 3.63) is 94.1 Å². The number of benzene rings is 3. The number of halogens is 1. The fourth-order valence-corrected chi connectivity index (χ4v) is 4.60. The van der Waals surface area contributed by atoms with Crippen molar-refractivity contribution in [2.24, 2.45) is 4.99 Å². The van der Waals surface area contributed by atoms with E-state index in [0.717, 1.165) is 0 Å². The lowest BCUT2D eigenvalue weighted by Crippen LogP contribution is -2.28. The zero-order chi connectivity index (χ0) is 25.7. The van der Waals surface area contributed by atoms with Crippen molar-refractivity contribution < 1.29 is 28.6 Å². The molecule has 0 unspecified atom stereocenters. The number of amides is 1. The number of ether oxygens (including phenoxy) is 2. The average molecular weight is 507 g/mol. The number of nitrogens with zero attached hydrogens (tertiary/aromatic N) is 2. The Morgan fingerprint density at radius 3 is 2.58 bits per heavy atom. The number of aliphatic imine (C=N–C) groups is 1. The van der Waals surface area contributed by atoms with Crippen molar-refractivity contribution in [3.8, 4) is 11.5 Å². The number of thioether (sulfide) groups is 1. The maximum atomic E-state index is 13.3. The lowest BCUT2D eigenvalue weighted by Gasteiger charge is -2.14. The number of carboxylic acid groups (broad SMARTS) is 1. The number of aromatic carboxylic acids is 1. The fourth-order valence-electron chi connectivity index (χ4n) is 3.55. The summed E-state index contributed by atoms with van der Waals surface area (Å²) in [5.74, 6) is -0.682. The molecule has 1 saturated heterocycles. The van der Waals surface area contributed by atoms with Gasteiger partial charge in [-0.05, 0) is 72.8 Å². The summed E-state index contributed by atoms with van der Waals surface area (Å²) in [4.78, 5) is 30.9. The van der Waals surface area contributed by atoms with Gasteiger partial charge in [0.15, 0.2) is 16.7 Å². The van der Waals surface area contributed by atoms with Gasteiger partial charge in [0, 0.05) is 12.1 Å². The molecule has 7 nitrogen and oxygen atoms in total. The number of carbonyl (C=O) groups excluding carboxylic acids is 1. The lowest BCUT2D eigenvalue weighted by atomic mass is 10.1. The summed E-state index contributed by atoms with van der Waals surface area (Å²) in [6, 6.07) is 17.6. The molecule has 1 amide bonds. The van der Waals surface area contributed by atoms with Gasteiger partial charge in [0.05, 0.1) is 23.3 Å². The van der Waals surface area contributed by atoms with Crippen LogP contribution in [0.15, 0.2) is 76.6 Å². The molecule has 1 fully saturated rings. The van der Waals surface area contributed by atoms with E-state index in [1.54, 1.807) is 59.5 Å². The quantitative estimate of drug-likeness (QED) is 0.392. The summed E-state index contributed by atoms with van der Waals surface area (Å²) >= 11 is 1.22. The number of hydrogen-bond donors (Lipinski definition) is 1. The van der Waals surface area contributed by atoms with Crippen molar-refractivity contribution in [2.75, 3.05) is 13.7 Å². The predicted octanol–water partition coefficient (Wildman–Crippen LogP) is 5.74. The van der Waals surface area contributed by atoms with Crippen LogP contribution >= 0.6 is 11.8 Å². The number of para-hydroxylation sites is 1. The Bertz CT molecular complexity index is 1350. The zero-order valence-corrected chi connectivity index (χ0v) is 20.4. The van der Waals surface area contributed by atoms with Gasteiger partial charge < -0.3 is 14.6 Å². The highest BCUT2D eigenvalue weighted by molar-refractivity contribution is 8.18. The Kier molecular flexibility index (Phi) is 7.70. The molecule has 4 rings (SSSR count). The number of likely N-dealkylation sites (N-methyl/N-ethyl adjacent to an activating group) is 1. The molecule has 1 N–H and O–H groups in total. The first-order chi connectivity index (χ1) is 17.4. The Morgan fingerprint density at radius 1 is 1.14 bits per heavy atom. The SMILES string of the molecule is CCN1C(=O)/C(=C\c2cccc(OC)c2OCc2cccc(C(=O)O)c2)SC1=Nc1ccc(F)cc1. The largest absolute Gasteiger partial charge is 0.493 e. The van der Waals surface area contributed by atoms with Crippen LogP contribution in [-0.4, -0.2) is 40.7 Å². The topological polar surface area (TPSA) is 88.4 Å². The summed E-state index contributed by atoms with van der Waals surface area (Å²) in [6.07, 6.45) is 1.72. The summed E-state index contributed by atoms with van der Waals surface area (Å²) in [5.41, 5.74) is 2.01. The normalized spacial score (nSPS) is 15.5. The number of hydrogen-bond acceptors (Lipinski definition) is 6. The number of carbonyl (C=O) groups is 2. The van der Waals surface area contributed by atoms with Gasteiger partial charge in [0.1, 0.15) is 12.4 Å². The van der Waals surface area contributed by atoms with E-state index in [1.807, 2.05) is 6.92 Å². The van der Waals surface area contributed by atoms with E-state index in [0.29, 0.717) is 44.9 Å². The fraction of sp³-hybridized carbons (Fsp3) is 0.148. The maximum Gasteiger partial charge on any atom is 0.335 e. The molecule has 0 aliphatic carbocycles. The van der Waals surface area contributed by atoms with Crippen LogP contribution in [0.2, 0.25) is 0 Å². The molecule has 0 spiro atoms. The van der Waals surface area contributed by atoms with E-state index < -0.39 is 5.97 Å². The first-order valence-electron chi connectivity index (χ1n) is 11.1. The van der Waals surface area contributed by atoms with E-state index in [2.05, 4.69) is 4.99 Å². The van der Waals surface area contributed by atoms with Gasteiger partial charge in [-0.25, -0.2) is 14.2 Å². The summed E-state index contributed by atoms with van der Waals surface area (Å²) in [7, 11) is 1.52. The molecular formula is C27H23FN2O5S. The second kappa shape index (κ2) is 11.1. The van der Waals surface area contributed by atoms with Crippen LogP contribution in [0.25, 0.3) is 6.08 Å². The second-order valence-corrected chi connectivity index (χ2v) is 8.71. The third kappa shape index (κ3) is 5.58. The summed E-state index contributed by atoms with van der Waals surface area (Å²) in [6.45, 7) is 2.38. The molecule has 9 heteroatoms. The first-order valence-corrected chi connectivity index (χ1v) is 11.9. The van der Waals surface area contributed by atoms with Crippen LogP contribution in [0, 0.1) is 5.82 Å². The third-order valence-corrected chi connectivity index (χ3v) is 6.34. The number of rotatable bonds is 8. The van der Waals surface area contributed by atoms with Gasteiger partial charge in [0.25, 0.3) is 5.91 Å². The van der Waals surface area contributed by atoms with Crippen LogP contribution in [0.5, 0.6) is 11.5 Å². The van der Waals surface area contributed by atoms with E-state index in [-0.39, 0.29) is 23.9 Å². The van der Waals surface area contributed by atoms with E-state index >= 15 is 0 Å². The number of carboxylic acids is 1. The Balaban J connectivity index is 1.64. The van der Waals surface area contributed by atoms with Gasteiger partial charge in [-0.2, -0.15) is 0 Å². The molecule has 1 aliphatic rings. The molecule has 0 saturated carbocycles. The van der Waals surface area contributed by atoms with Gasteiger partial charge in [-0.15, -0.1) is 0 Å². The van der Waals surface area contributed by atoms with E-state index in [1.165, 1.54) is 37.1 Å². The highest BCUT2D eigenvalue weighted by Gasteiger charge is 2.32. The van der Waals surface area contributed by atoms with Crippen molar-refractivity contribution in [3.63, 3.8) is 0 Å². The minimum atomic E-state index is -1.02. The molecule has 1 heterocycles. The van der Waals surface area contributed by atoms with Crippen molar-refractivity contribution >= 4 is 40.6 Å². The number of methoxy groups -OCH3 is 1. The zero-order valence-electron chi connectivity index (χ0n) is 19.6. The van der Waals surface area contributed by atoms with Crippen molar-refractivity contribution in [2.45, 2.75) is 13.5 Å². The summed E-state index contributed by atoms with van der Waals surface area (Å²) < 4.78 is 24.8. The van der Waals surface area contributed by atoms with Crippen molar-refractivity contribution in [1.29, 1.82) is 0 Å². The molecule has 0 radical (unpaired) electrons. The van der Waals surface area contributed by atoms with Crippen LogP contribution in [0.1, 0.15) is 28.4 Å². The predicted molar refractivity (Wildman–Crippen MR) is 137 cm³/mol. The van der Waals surface area contributed by atoms with Crippen LogP contribution in [-0.2, 0) is 11.4 Å². The molecule has 1 aliphatic heterocycles. The molecule has 0 atom stereocenters. The first kappa shape index (κ1) is 25.0. The smallest absolute Gasteiger partial charge is 0.335 e. The van der Waals surface area contributed by atoms with Crippen LogP contribution in [0.3, 0.4) is 0 Å². The molecule has 184 valence electrons. The minimum absolute atomic E-state index is 0.108. The van der Waals surface area contributed by atoms with Gasteiger partial charge in [-0.3, -0.25) is 9.69 Å². The highest BCUT2D eigenvalue weighted by Crippen LogP contribution is 2.38. The van der Waals surface area contributed by atoms with Gasteiger partial charge in [0.2, 0.25) is 0 Å². The Hall–Kier alpha value is -4.11. The lowest BCUT2D eigenvalue weighted by molar-refractivity contribution is -0.122. The Labute approximate surface area is 211 Å². The monoisotopic (exact) mass is 506 g/mol. The van der Waals surface area contributed by atoms with Crippen LogP contribution in [0.4, 0.5) is 10.1 Å². The van der Waals surface area contributed by atoms with Gasteiger partial charge in [-0.1, -0.05) is 24.3 Å². The Morgan fingerprint density at radius 2 is 1.89 bits per heavy atom. The van der Waals surface area contributed by atoms with E-state index in [4.69, 9.17) is 9.47 Å². The molecule has 3 aromatic carbocycles. The van der Waals surface area contributed by atoms with Crippen LogP contribution < -0.4 is 9.47 Å². The second-order valence-electron chi connectivity index (χ2n) is 7.70. The molecule has 36 heavy (non-hydrogen) atoms.